The Morgan fingerprint density at radius 3 is 2.46 bits per heavy atom. The molecular formula is C19H23NO3S. The number of amides is 1. The maximum atomic E-state index is 12.2. The monoisotopic (exact) mass is 345 g/mol. The van der Waals surface area contributed by atoms with Crippen molar-refractivity contribution in [2.75, 3.05) is 20.0 Å². The Hall–Kier alpha value is -2.14. The molecule has 0 saturated heterocycles. The summed E-state index contributed by atoms with van der Waals surface area (Å²) in [5.74, 6) is 1.83. The largest absolute Gasteiger partial charge is 0.497 e. The van der Waals surface area contributed by atoms with Crippen LogP contribution in [0.5, 0.6) is 11.5 Å². The number of nitrogens with one attached hydrogen (secondary N) is 1. The summed E-state index contributed by atoms with van der Waals surface area (Å²) in [6, 6.07) is 13.6. The molecule has 2 aromatic carbocycles. The number of rotatable bonds is 7. The summed E-state index contributed by atoms with van der Waals surface area (Å²) in [5.41, 5.74) is 2.10. The van der Waals surface area contributed by atoms with Crippen LogP contribution in [0.15, 0.2) is 47.4 Å². The minimum absolute atomic E-state index is 0.0158. The first kappa shape index (κ1) is 18.2. The smallest absolute Gasteiger partial charge is 0.230 e. The fourth-order valence-corrected chi connectivity index (χ4v) is 3.03. The average molecular weight is 345 g/mol. The van der Waals surface area contributed by atoms with Crippen LogP contribution in [0.4, 0.5) is 0 Å². The van der Waals surface area contributed by atoms with Crippen molar-refractivity contribution in [3.63, 3.8) is 0 Å². The second-order valence-corrected chi connectivity index (χ2v) is 6.55. The molecule has 0 unspecified atom stereocenters. The van der Waals surface area contributed by atoms with E-state index in [1.165, 1.54) is 17.3 Å². The van der Waals surface area contributed by atoms with E-state index in [1.54, 1.807) is 14.2 Å². The molecule has 0 aliphatic rings. The lowest BCUT2D eigenvalue weighted by Crippen LogP contribution is -2.28. The Labute approximate surface area is 147 Å². The Balaban J connectivity index is 1.97. The second kappa shape index (κ2) is 8.64. The van der Waals surface area contributed by atoms with Crippen molar-refractivity contribution < 1.29 is 14.3 Å². The van der Waals surface area contributed by atoms with Crippen molar-refractivity contribution >= 4 is 17.7 Å². The summed E-state index contributed by atoms with van der Waals surface area (Å²) in [4.78, 5) is 13.3. The van der Waals surface area contributed by atoms with Gasteiger partial charge in [-0.15, -0.1) is 11.8 Å². The molecule has 0 bridgehead atoms. The fraction of sp³-hybridized carbons (Fsp3) is 0.316. The molecule has 0 aromatic heterocycles. The van der Waals surface area contributed by atoms with Gasteiger partial charge >= 0.3 is 0 Å². The zero-order valence-electron chi connectivity index (χ0n) is 14.5. The first-order valence-electron chi connectivity index (χ1n) is 7.74. The van der Waals surface area contributed by atoms with Gasteiger partial charge in [0.1, 0.15) is 11.5 Å². The molecule has 4 nitrogen and oxygen atoms in total. The summed E-state index contributed by atoms with van der Waals surface area (Å²) >= 11 is 1.52. The number of benzene rings is 2. The molecule has 2 aromatic rings. The zero-order chi connectivity index (χ0) is 17.5. The van der Waals surface area contributed by atoms with Crippen LogP contribution in [0.3, 0.4) is 0 Å². The highest BCUT2D eigenvalue weighted by atomic mass is 32.2. The molecule has 0 aliphatic heterocycles. The number of carbonyl (C=O) groups is 1. The van der Waals surface area contributed by atoms with Crippen LogP contribution < -0.4 is 14.8 Å². The van der Waals surface area contributed by atoms with Gasteiger partial charge in [-0.1, -0.05) is 17.7 Å². The van der Waals surface area contributed by atoms with E-state index in [4.69, 9.17) is 9.47 Å². The highest BCUT2D eigenvalue weighted by Crippen LogP contribution is 2.29. The molecule has 0 fully saturated rings. The highest BCUT2D eigenvalue weighted by molar-refractivity contribution is 8.00. The van der Waals surface area contributed by atoms with Crippen LogP contribution in [0.2, 0.25) is 0 Å². The third-order valence-electron chi connectivity index (χ3n) is 3.67. The Morgan fingerprint density at radius 1 is 1.12 bits per heavy atom. The normalized spacial score (nSPS) is 11.7. The molecule has 2 rings (SSSR count). The maximum absolute atomic E-state index is 12.2. The first-order chi connectivity index (χ1) is 11.5. The van der Waals surface area contributed by atoms with Crippen LogP contribution in [-0.2, 0) is 4.79 Å². The van der Waals surface area contributed by atoms with Gasteiger partial charge in [-0.3, -0.25) is 4.79 Å². The highest BCUT2D eigenvalue weighted by Gasteiger charge is 2.15. The molecule has 1 N–H and O–H groups in total. The van der Waals surface area contributed by atoms with Crippen molar-refractivity contribution in [3.05, 3.63) is 53.6 Å². The molecular weight excluding hydrogens is 322 g/mol. The van der Waals surface area contributed by atoms with Crippen LogP contribution in [0, 0.1) is 6.92 Å². The standard InChI is InChI=1S/C19H23NO3S/c1-13-5-8-16(9-6-13)24-12-19(21)20-14(2)17-11-15(22-3)7-10-18(17)23-4/h5-11,14H,12H2,1-4H3,(H,20,21)/t14-/m1/s1. The van der Waals surface area contributed by atoms with Gasteiger partial charge in [0.25, 0.3) is 0 Å². The maximum Gasteiger partial charge on any atom is 0.230 e. The number of carbonyl (C=O) groups excluding carboxylic acids is 1. The minimum atomic E-state index is -0.166. The van der Waals surface area contributed by atoms with Gasteiger partial charge in [0.05, 0.1) is 26.0 Å². The number of aryl methyl sites for hydroxylation is 1. The summed E-state index contributed by atoms with van der Waals surface area (Å²) < 4.78 is 10.6. The SMILES string of the molecule is COc1ccc(OC)c([C@@H](C)NC(=O)CSc2ccc(C)cc2)c1. The van der Waals surface area contributed by atoms with Crippen molar-refractivity contribution in [2.45, 2.75) is 24.8 Å². The summed E-state index contributed by atoms with van der Waals surface area (Å²) in [5, 5.41) is 3.01. The number of thioether (sulfide) groups is 1. The first-order valence-corrected chi connectivity index (χ1v) is 8.72. The van der Waals surface area contributed by atoms with Crippen molar-refractivity contribution in [1.29, 1.82) is 0 Å². The number of methoxy groups -OCH3 is 2. The van der Waals surface area contributed by atoms with Crippen LogP contribution in [0.1, 0.15) is 24.1 Å². The molecule has 0 saturated carbocycles. The van der Waals surface area contributed by atoms with Crippen molar-refractivity contribution in [1.82, 2.24) is 5.32 Å². The lowest BCUT2D eigenvalue weighted by atomic mass is 10.1. The molecule has 0 aliphatic carbocycles. The molecule has 24 heavy (non-hydrogen) atoms. The van der Waals surface area contributed by atoms with E-state index < -0.39 is 0 Å². The zero-order valence-corrected chi connectivity index (χ0v) is 15.3. The molecule has 1 atom stereocenters. The van der Waals surface area contributed by atoms with Gasteiger partial charge in [-0.05, 0) is 44.2 Å². The van der Waals surface area contributed by atoms with Gasteiger partial charge in [0, 0.05) is 10.5 Å². The van der Waals surface area contributed by atoms with Gasteiger partial charge < -0.3 is 14.8 Å². The Morgan fingerprint density at radius 2 is 1.83 bits per heavy atom. The number of hydrogen-bond donors (Lipinski definition) is 1. The Bertz CT molecular complexity index is 686. The predicted octanol–water partition coefficient (Wildman–Crippen LogP) is 3.98. The molecule has 1 amide bonds. The van der Waals surface area contributed by atoms with Crippen LogP contribution in [-0.4, -0.2) is 25.9 Å². The van der Waals surface area contributed by atoms with Crippen molar-refractivity contribution in [3.8, 4) is 11.5 Å². The summed E-state index contributed by atoms with van der Waals surface area (Å²) in [7, 11) is 3.24. The average Bonchev–Trinajstić information content (AvgIpc) is 2.60. The van der Waals surface area contributed by atoms with Gasteiger partial charge in [-0.25, -0.2) is 0 Å². The topological polar surface area (TPSA) is 47.6 Å². The summed E-state index contributed by atoms with van der Waals surface area (Å²) in [6.07, 6.45) is 0. The van der Waals surface area contributed by atoms with Gasteiger partial charge in [0.2, 0.25) is 5.91 Å². The lowest BCUT2D eigenvalue weighted by Gasteiger charge is -2.18. The predicted molar refractivity (Wildman–Crippen MR) is 98.0 cm³/mol. The quantitative estimate of drug-likeness (QED) is 0.771. The molecule has 5 heteroatoms. The van der Waals surface area contributed by atoms with Crippen molar-refractivity contribution in [2.24, 2.45) is 0 Å². The second-order valence-electron chi connectivity index (χ2n) is 5.50. The summed E-state index contributed by atoms with van der Waals surface area (Å²) in [6.45, 7) is 3.98. The van der Waals surface area contributed by atoms with E-state index >= 15 is 0 Å². The number of hydrogen-bond acceptors (Lipinski definition) is 4. The third-order valence-corrected chi connectivity index (χ3v) is 4.68. The minimum Gasteiger partial charge on any atom is -0.497 e. The third kappa shape index (κ3) is 4.93. The van der Waals surface area contributed by atoms with E-state index in [9.17, 15) is 4.79 Å². The molecule has 0 radical (unpaired) electrons. The van der Waals surface area contributed by atoms with Crippen LogP contribution >= 0.6 is 11.8 Å². The van der Waals surface area contributed by atoms with E-state index in [2.05, 4.69) is 5.32 Å². The van der Waals surface area contributed by atoms with E-state index in [-0.39, 0.29) is 11.9 Å². The Kier molecular flexibility index (Phi) is 6.55. The fourth-order valence-electron chi connectivity index (χ4n) is 2.32. The van der Waals surface area contributed by atoms with Crippen LogP contribution in [0.25, 0.3) is 0 Å². The van der Waals surface area contributed by atoms with E-state index in [1.807, 2.05) is 56.3 Å². The molecule has 128 valence electrons. The van der Waals surface area contributed by atoms with E-state index in [0.717, 1.165) is 22.0 Å². The van der Waals surface area contributed by atoms with Gasteiger partial charge in [-0.2, -0.15) is 0 Å². The molecule has 0 spiro atoms. The lowest BCUT2D eigenvalue weighted by molar-refractivity contribution is -0.119. The molecule has 0 heterocycles. The van der Waals surface area contributed by atoms with Gasteiger partial charge in [0.15, 0.2) is 0 Å². The number of ether oxygens (including phenoxy) is 2. The van der Waals surface area contributed by atoms with E-state index in [0.29, 0.717) is 5.75 Å².